The fourth-order valence-corrected chi connectivity index (χ4v) is 2.77. The van der Waals surface area contributed by atoms with Gasteiger partial charge in [-0.25, -0.2) is 4.79 Å². The van der Waals surface area contributed by atoms with Crippen LogP contribution in [-0.2, 0) is 11.2 Å². The average Bonchev–Trinajstić information content (AvgIpc) is 2.56. The molecule has 2 rings (SSSR count). The second-order valence-corrected chi connectivity index (χ2v) is 6.22. The molecule has 126 valence electrons. The molecule has 1 aromatic carbocycles. The fourth-order valence-electron chi connectivity index (χ4n) is 2.77. The van der Waals surface area contributed by atoms with Crippen LogP contribution in [0.4, 0.5) is 10.5 Å². The van der Waals surface area contributed by atoms with Gasteiger partial charge in [-0.1, -0.05) is 12.1 Å². The Kier molecular flexibility index (Phi) is 5.84. The molecule has 6 heteroatoms. The van der Waals surface area contributed by atoms with Crippen molar-refractivity contribution in [3.05, 3.63) is 29.8 Å². The van der Waals surface area contributed by atoms with Crippen LogP contribution in [0, 0.1) is 5.92 Å². The number of likely N-dealkylation sites (tertiary alicyclic amines) is 1. The summed E-state index contributed by atoms with van der Waals surface area (Å²) in [6.45, 7) is 1.92. The molecule has 0 bridgehead atoms. The quantitative estimate of drug-likeness (QED) is 0.822. The molecule has 3 amide bonds. The molecule has 0 aliphatic carbocycles. The maximum absolute atomic E-state index is 12.2. The summed E-state index contributed by atoms with van der Waals surface area (Å²) in [5, 5.41) is 3.00. The van der Waals surface area contributed by atoms with Crippen molar-refractivity contribution in [1.82, 2.24) is 15.1 Å². The highest BCUT2D eigenvalue weighted by Crippen LogP contribution is 2.18. The molecule has 1 aromatic rings. The predicted octanol–water partition coefficient (Wildman–Crippen LogP) is 1.32. The number of urea groups is 1. The molecule has 1 saturated heterocycles. The van der Waals surface area contributed by atoms with E-state index in [9.17, 15) is 9.59 Å². The molecule has 0 radical (unpaired) electrons. The van der Waals surface area contributed by atoms with E-state index in [-0.39, 0.29) is 17.9 Å². The van der Waals surface area contributed by atoms with E-state index in [0.717, 1.165) is 30.5 Å². The summed E-state index contributed by atoms with van der Waals surface area (Å²) in [4.78, 5) is 27.5. The molecule has 0 unspecified atom stereocenters. The lowest BCUT2D eigenvalue weighted by Gasteiger charge is -2.33. The van der Waals surface area contributed by atoms with Crippen LogP contribution in [0.25, 0.3) is 0 Å². The molecule has 1 heterocycles. The zero-order valence-corrected chi connectivity index (χ0v) is 13.9. The van der Waals surface area contributed by atoms with Crippen molar-refractivity contribution in [2.45, 2.75) is 19.3 Å². The lowest BCUT2D eigenvalue weighted by atomic mass is 9.96. The number of anilines is 1. The van der Waals surface area contributed by atoms with Gasteiger partial charge in [0.1, 0.15) is 0 Å². The number of benzene rings is 1. The van der Waals surface area contributed by atoms with Crippen LogP contribution in [0.3, 0.4) is 0 Å². The van der Waals surface area contributed by atoms with E-state index >= 15 is 0 Å². The summed E-state index contributed by atoms with van der Waals surface area (Å²) in [5.41, 5.74) is 7.56. The molecule has 0 atom stereocenters. The van der Waals surface area contributed by atoms with Gasteiger partial charge >= 0.3 is 6.03 Å². The SMILES string of the molecule is CN(C)C(=O)N1CCC(C(=O)NCCc2ccc(N)cc2)CC1. The van der Waals surface area contributed by atoms with Gasteiger partial charge in [-0.2, -0.15) is 0 Å². The molecular formula is C17H26N4O2. The smallest absolute Gasteiger partial charge is 0.319 e. The molecule has 0 saturated carbocycles. The molecule has 1 aliphatic heterocycles. The first-order chi connectivity index (χ1) is 11.0. The molecule has 0 spiro atoms. The minimum Gasteiger partial charge on any atom is -0.399 e. The Balaban J connectivity index is 1.71. The number of rotatable bonds is 4. The number of nitrogens with one attached hydrogen (secondary N) is 1. The first-order valence-electron chi connectivity index (χ1n) is 8.05. The molecule has 0 aromatic heterocycles. The molecular weight excluding hydrogens is 292 g/mol. The van der Waals surface area contributed by atoms with Gasteiger partial charge in [-0.05, 0) is 37.0 Å². The van der Waals surface area contributed by atoms with Crippen LogP contribution in [0.15, 0.2) is 24.3 Å². The average molecular weight is 318 g/mol. The lowest BCUT2D eigenvalue weighted by molar-refractivity contribution is -0.126. The van der Waals surface area contributed by atoms with Crippen LogP contribution in [-0.4, -0.2) is 55.5 Å². The monoisotopic (exact) mass is 318 g/mol. The van der Waals surface area contributed by atoms with E-state index in [2.05, 4.69) is 5.32 Å². The van der Waals surface area contributed by atoms with Gasteiger partial charge in [-0.3, -0.25) is 4.79 Å². The van der Waals surface area contributed by atoms with Gasteiger partial charge in [0.2, 0.25) is 5.91 Å². The minimum absolute atomic E-state index is 0.00706. The van der Waals surface area contributed by atoms with Crippen LogP contribution < -0.4 is 11.1 Å². The Morgan fingerprint density at radius 1 is 1.22 bits per heavy atom. The van der Waals surface area contributed by atoms with E-state index in [4.69, 9.17) is 5.73 Å². The van der Waals surface area contributed by atoms with Gasteiger partial charge in [0.25, 0.3) is 0 Å². The van der Waals surface area contributed by atoms with E-state index in [0.29, 0.717) is 19.6 Å². The Hall–Kier alpha value is -2.24. The number of hydrogen-bond acceptors (Lipinski definition) is 3. The van der Waals surface area contributed by atoms with Crippen molar-refractivity contribution in [3.8, 4) is 0 Å². The summed E-state index contributed by atoms with van der Waals surface area (Å²) in [6.07, 6.45) is 2.25. The topological polar surface area (TPSA) is 78.7 Å². The van der Waals surface area contributed by atoms with E-state index in [1.807, 2.05) is 24.3 Å². The standard InChI is InChI=1S/C17H26N4O2/c1-20(2)17(23)21-11-8-14(9-12-21)16(22)19-10-7-13-3-5-15(18)6-4-13/h3-6,14H,7-12,18H2,1-2H3,(H,19,22). The number of nitrogens with two attached hydrogens (primary N) is 1. The maximum Gasteiger partial charge on any atom is 0.319 e. The van der Waals surface area contributed by atoms with Gasteiger partial charge in [0.15, 0.2) is 0 Å². The fraction of sp³-hybridized carbons (Fsp3) is 0.529. The van der Waals surface area contributed by atoms with Crippen molar-refractivity contribution in [3.63, 3.8) is 0 Å². The van der Waals surface area contributed by atoms with Crippen LogP contribution in [0.1, 0.15) is 18.4 Å². The number of nitrogen functional groups attached to an aromatic ring is 1. The number of nitrogens with zero attached hydrogens (tertiary/aromatic N) is 2. The van der Waals surface area contributed by atoms with Crippen molar-refractivity contribution in [1.29, 1.82) is 0 Å². The highest BCUT2D eigenvalue weighted by molar-refractivity contribution is 5.79. The third-order valence-corrected chi connectivity index (χ3v) is 4.21. The summed E-state index contributed by atoms with van der Waals surface area (Å²) >= 11 is 0. The highest BCUT2D eigenvalue weighted by atomic mass is 16.2. The minimum atomic E-state index is 0.00706. The van der Waals surface area contributed by atoms with E-state index in [1.54, 1.807) is 23.9 Å². The van der Waals surface area contributed by atoms with Gasteiger partial charge in [0.05, 0.1) is 0 Å². The largest absolute Gasteiger partial charge is 0.399 e. The number of carbonyl (C=O) groups excluding carboxylic acids is 2. The Labute approximate surface area is 137 Å². The summed E-state index contributed by atoms with van der Waals surface area (Å²) in [6, 6.07) is 7.72. The second kappa shape index (κ2) is 7.85. The Morgan fingerprint density at radius 2 is 1.83 bits per heavy atom. The van der Waals surface area contributed by atoms with Crippen LogP contribution in [0.5, 0.6) is 0 Å². The van der Waals surface area contributed by atoms with E-state index < -0.39 is 0 Å². The summed E-state index contributed by atoms with van der Waals surface area (Å²) in [7, 11) is 3.50. The Morgan fingerprint density at radius 3 is 2.39 bits per heavy atom. The van der Waals surface area contributed by atoms with Crippen molar-refractivity contribution in [2.24, 2.45) is 5.92 Å². The molecule has 1 fully saturated rings. The zero-order chi connectivity index (χ0) is 16.8. The van der Waals surface area contributed by atoms with Crippen molar-refractivity contribution >= 4 is 17.6 Å². The third-order valence-electron chi connectivity index (χ3n) is 4.21. The second-order valence-electron chi connectivity index (χ2n) is 6.22. The predicted molar refractivity (Wildman–Crippen MR) is 90.9 cm³/mol. The maximum atomic E-state index is 12.2. The number of amides is 3. The number of hydrogen-bond donors (Lipinski definition) is 2. The van der Waals surface area contributed by atoms with Crippen molar-refractivity contribution < 1.29 is 9.59 Å². The summed E-state index contributed by atoms with van der Waals surface area (Å²) in [5.74, 6) is 0.102. The molecule has 1 aliphatic rings. The first kappa shape index (κ1) is 17.1. The Bertz CT molecular complexity index is 534. The van der Waals surface area contributed by atoms with Gasteiger partial charge in [-0.15, -0.1) is 0 Å². The van der Waals surface area contributed by atoms with E-state index in [1.165, 1.54) is 0 Å². The molecule has 6 nitrogen and oxygen atoms in total. The zero-order valence-electron chi connectivity index (χ0n) is 13.9. The number of carbonyl (C=O) groups is 2. The first-order valence-corrected chi connectivity index (χ1v) is 8.05. The van der Waals surface area contributed by atoms with Gasteiger partial charge < -0.3 is 20.9 Å². The highest BCUT2D eigenvalue weighted by Gasteiger charge is 2.27. The number of piperidine rings is 1. The normalized spacial score (nSPS) is 15.3. The molecule has 3 N–H and O–H groups in total. The van der Waals surface area contributed by atoms with Crippen molar-refractivity contribution in [2.75, 3.05) is 39.5 Å². The van der Waals surface area contributed by atoms with Gasteiger partial charge in [0, 0.05) is 45.3 Å². The summed E-state index contributed by atoms with van der Waals surface area (Å²) < 4.78 is 0. The molecule has 23 heavy (non-hydrogen) atoms. The third kappa shape index (κ3) is 4.87. The van der Waals surface area contributed by atoms with Crippen LogP contribution >= 0.6 is 0 Å². The lowest BCUT2D eigenvalue weighted by Crippen LogP contribution is -2.46. The van der Waals surface area contributed by atoms with Crippen LogP contribution in [0.2, 0.25) is 0 Å².